The molecule has 18 heavy (non-hydrogen) atoms. The van der Waals surface area contributed by atoms with Gasteiger partial charge in [0.05, 0.1) is 11.9 Å². The zero-order valence-electron chi connectivity index (χ0n) is 12.4. The van der Waals surface area contributed by atoms with E-state index < -0.39 is 0 Å². The van der Waals surface area contributed by atoms with Crippen LogP contribution in [0.1, 0.15) is 46.7 Å². The van der Waals surface area contributed by atoms with E-state index in [0.717, 1.165) is 11.8 Å². The van der Waals surface area contributed by atoms with Gasteiger partial charge in [0.15, 0.2) is 0 Å². The third kappa shape index (κ3) is 3.04. The second-order valence-electron chi connectivity index (χ2n) is 7.00. The van der Waals surface area contributed by atoms with Crippen LogP contribution in [-0.4, -0.2) is 18.1 Å². The molecule has 0 saturated carbocycles. The van der Waals surface area contributed by atoms with Crippen molar-refractivity contribution in [2.45, 2.75) is 46.5 Å². The van der Waals surface area contributed by atoms with E-state index in [1.165, 1.54) is 30.9 Å². The van der Waals surface area contributed by atoms with E-state index in [4.69, 9.17) is 0 Å². The van der Waals surface area contributed by atoms with E-state index in [9.17, 15) is 0 Å². The molecule has 0 aliphatic carbocycles. The molecule has 2 heteroatoms. The van der Waals surface area contributed by atoms with Gasteiger partial charge < -0.3 is 4.90 Å². The van der Waals surface area contributed by atoms with Crippen molar-refractivity contribution in [2.24, 2.45) is 11.8 Å². The molecular weight excluding hydrogens is 220 g/mol. The van der Waals surface area contributed by atoms with Crippen LogP contribution in [0.4, 0.5) is 5.69 Å². The number of aromatic nitrogens is 1. The van der Waals surface area contributed by atoms with E-state index in [1.54, 1.807) is 0 Å². The molecule has 0 amide bonds. The molecule has 0 aromatic carbocycles. The molecule has 1 aromatic rings. The standard InChI is InChI=1S/C16H26N2/c1-12-8-13(2)11-18(10-12)14-6-7-15(17-9-14)16(3,4)5/h6-7,9,12-13H,8,10-11H2,1-5H3. The van der Waals surface area contributed by atoms with Crippen LogP contribution >= 0.6 is 0 Å². The van der Waals surface area contributed by atoms with Crippen molar-refractivity contribution in [3.63, 3.8) is 0 Å². The third-order valence-electron chi connectivity index (χ3n) is 3.75. The summed E-state index contributed by atoms with van der Waals surface area (Å²) in [4.78, 5) is 7.12. The highest BCUT2D eigenvalue weighted by molar-refractivity contribution is 5.45. The Hall–Kier alpha value is -1.05. The summed E-state index contributed by atoms with van der Waals surface area (Å²) in [5.74, 6) is 1.58. The molecule has 100 valence electrons. The van der Waals surface area contributed by atoms with Crippen molar-refractivity contribution in [1.29, 1.82) is 0 Å². The van der Waals surface area contributed by atoms with Gasteiger partial charge in [-0.25, -0.2) is 0 Å². The van der Waals surface area contributed by atoms with Gasteiger partial charge in [-0.05, 0) is 30.4 Å². The lowest BCUT2D eigenvalue weighted by atomic mass is 9.90. The van der Waals surface area contributed by atoms with Crippen molar-refractivity contribution in [3.8, 4) is 0 Å². The Morgan fingerprint density at radius 3 is 2.17 bits per heavy atom. The maximum absolute atomic E-state index is 4.63. The Morgan fingerprint density at radius 1 is 1.11 bits per heavy atom. The quantitative estimate of drug-likeness (QED) is 0.748. The molecule has 2 atom stereocenters. The average Bonchev–Trinajstić information content (AvgIpc) is 2.27. The lowest BCUT2D eigenvalue weighted by Crippen LogP contribution is -2.38. The van der Waals surface area contributed by atoms with E-state index in [0.29, 0.717) is 0 Å². The fourth-order valence-electron chi connectivity index (χ4n) is 2.89. The second-order valence-corrected chi connectivity index (χ2v) is 7.00. The highest BCUT2D eigenvalue weighted by Crippen LogP contribution is 2.27. The first-order valence-electron chi connectivity index (χ1n) is 7.07. The molecule has 2 rings (SSSR count). The molecule has 1 aromatic heterocycles. The number of pyridine rings is 1. The highest BCUT2D eigenvalue weighted by atomic mass is 15.1. The first kappa shape index (κ1) is 13.4. The van der Waals surface area contributed by atoms with Gasteiger partial charge in [-0.2, -0.15) is 0 Å². The van der Waals surface area contributed by atoms with Gasteiger partial charge in [0.25, 0.3) is 0 Å². The van der Waals surface area contributed by atoms with E-state index >= 15 is 0 Å². The van der Waals surface area contributed by atoms with Crippen LogP contribution in [0, 0.1) is 11.8 Å². The highest BCUT2D eigenvalue weighted by Gasteiger charge is 2.22. The summed E-state index contributed by atoms with van der Waals surface area (Å²) < 4.78 is 0. The third-order valence-corrected chi connectivity index (χ3v) is 3.75. The SMILES string of the molecule is CC1CC(C)CN(c2ccc(C(C)(C)C)nc2)C1. The van der Waals surface area contributed by atoms with E-state index in [2.05, 4.69) is 56.6 Å². The minimum atomic E-state index is 0.140. The lowest BCUT2D eigenvalue weighted by Gasteiger charge is -2.36. The van der Waals surface area contributed by atoms with Gasteiger partial charge >= 0.3 is 0 Å². The van der Waals surface area contributed by atoms with Crippen molar-refractivity contribution in [2.75, 3.05) is 18.0 Å². The van der Waals surface area contributed by atoms with Crippen LogP contribution in [0.2, 0.25) is 0 Å². The molecule has 1 aliphatic heterocycles. The molecule has 1 saturated heterocycles. The Morgan fingerprint density at radius 2 is 1.72 bits per heavy atom. The Kier molecular flexibility index (Phi) is 3.65. The number of piperidine rings is 1. The van der Waals surface area contributed by atoms with Crippen LogP contribution in [0.5, 0.6) is 0 Å². The van der Waals surface area contributed by atoms with Crippen LogP contribution in [-0.2, 0) is 5.41 Å². The van der Waals surface area contributed by atoms with Crippen molar-refractivity contribution in [3.05, 3.63) is 24.0 Å². The molecule has 2 heterocycles. The van der Waals surface area contributed by atoms with E-state index in [1.807, 2.05) is 6.20 Å². The van der Waals surface area contributed by atoms with Gasteiger partial charge in [0.1, 0.15) is 0 Å². The fourth-order valence-corrected chi connectivity index (χ4v) is 2.89. The molecule has 0 spiro atoms. The average molecular weight is 246 g/mol. The van der Waals surface area contributed by atoms with Gasteiger partial charge in [-0.1, -0.05) is 34.6 Å². The molecule has 2 nitrogen and oxygen atoms in total. The number of anilines is 1. The van der Waals surface area contributed by atoms with Crippen LogP contribution in [0.25, 0.3) is 0 Å². The van der Waals surface area contributed by atoms with Crippen LogP contribution in [0.3, 0.4) is 0 Å². The molecule has 0 N–H and O–H groups in total. The first-order valence-corrected chi connectivity index (χ1v) is 7.07. The summed E-state index contributed by atoms with van der Waals surface area (Å²) in [6, 6.07) is 4.41. The maximum Gasteiger partial charge on any atom is 0.0553 e. The minimum Gasteiger partial charge on any atom is -0.370 e. The summed E-state index contributed by atoms with van der Waals surface area (Å²) in [5.41, 5.74) is 2.59. The minimum absolute atomic E-state index is 0.140. The fraction of sp³-hybridized carbons (Fsp3) is 0.688. The topological polar surface area (TPSA) is 16.1 Å². The van der Waals surface area contributed by atoms with Crippen LogP contribution in [0.15, 0.2) is 18.3 Å². The summed E-state index contributed by atoms with van der Waals surface area (Å²) in [6.07, 6.45) is 3.40. The monoisotopic (exact) mass is 246 g/mol. The van der Waals surface area contributed by atoms with E-state index in [-0.39, 0.29) is 5.41 Å². The van der Waals surface area contributed by atoms with Gasteiger partial charge in [0, 0.05) is 24.2 Å². The normalized spacial score (nSPS) is 25.3. The van der Waals surface area contributed by atoms with Gasteiger partial charge in [-0.3, -0.25) is 4.98 Å². The molecule has 2 unspecified atom stereocenters. The number of hydrogen-bond acceptors (Lipinski definition) is 2. The Balaban J connectivity index is 2.14. The summed E-state index contributed by atoms with van der Waals surface area (Å²) in [7, 11) is 0. The van der Waals surface area contributed by atoms with Crippen molar-refractivity contribution >= 4 is 5.69 Å². The van der Waals surface area contributed by atoms with Crippen molar-refractivity contribution in [1.82, 2.24) is 4.98 Å². The Labute approximate surface area is 111 Å². The molecule has 1 aliphatic rings. The number of hydrogen-bond donors (Lipinski definition) is 0. The molecule has 1 fully saturated rings. The Bertz CT molecular complexity index is 379. The van der Waals surface area contributed by atoms with Crippen molar-refractivity contribution < 1.29 is 0 Å². The molecule has 0 radical (unpaired) electrons. The largest absolute Gasteiger partial charge is 0.370 e. The number of nitrogens with zero attached hydrogens (tertiary/aromatic N) is 2. The first-order chi connectivity index (χ1) is 8.36. The second kappa shape index (κ2) is 4.91. The molecule has 0 bridgehead atoms. The maximum atomic E-state index is 4.63. The molecular formula is C16H26N2. The summed E-state index contributed by atoms with van der Waals surface area (Å²) >= 11 is 0. The van der Waals surface area contributed by atoms with Crippen LogP contribution < -0.4 is 4.90 Å². The predicted octanol–water partition coefficient (Wildman–Crippen LogP) is 3.86. The predicted molar refractivity (Wildman–Crippen MR) is 78.1 cm³/mol. The summed E-state index contributed by atoms with van der Waals surface area (Å²) in [6.45, 7) is 13.7. The summed E-state index contributed by atoms with van der Waals surface area (Å²) in [5, 5.41) is 0. The smallest absolute Gasteiger partial charge is 0.0553 e. The number of rotatable bonds is 1. The zero-order valence-corrected chi connectivity index (χ0v) is 12.4. The van der Waals surface area contributed by atoms with Gasteiger partial charge in [0.2, 0.25) is 0 Å². The van der Waals surface area contributed by atoms with Gasteiger partial charge in [-0.15, -0.1) is 0 Å². The zero-order chi connectivity index (χ0) is 13.3. The lowest BCUT2D eigenvalue weighted by molar-refractivity contribution is 0.356.